The van der Waals surface area contributed by atoms with Gasteiger partial charge in [-0.25, -0.2) is 0 Å². The third-order valence-electron chi connectivity index (χ3n) is 3.18. The second kappa shape index (κ2) is 5.91. The van der Waals surface area contributed by atoms with Gasteiger partial charge in [-0.2, -0.15) is 13.2 Å². The van der Waals surface area contributed by atoms with Crippen molar-refractivity contribution in [1.82, 2.24) is 10.6 Å². The second-order valence-electron chi connectivity index (χ2n) is 5.74. The molecule has 3 nitrogen and oxygen atoms in total. The molecule has 1 unspecified atom stereocenters. The van der Waals surface area contributed by atoms with E-state index in [4.69, 9.17) is 0 Å². The molecule has 0 aromatic carbocycles. The molecule has 1 saturated carbocycles. The minimum absolute atomic E-state index is 0.0916. The first-order valence-corrected chi connectivity index (χ1v) is 6.25. The van der Waals surface area contributed by atoms with Crippen LogP contribution in [0, 0.1) is 5.41 Å². The topological polar surface area (TPSA) is 41.1 Å². The maximum absolute atomic E-state index is 11.9. The summed E-state index contributed by atoms with van der Waals surface area (Å²) in [6.45, 7) is 2.88. The minimum atomic E-state index is -4.27. The average molecular weight is 266 g/mol. The van der Waals surface area contributed by atoms with Gasteiger partial charge in [-0.15, -0.1) is 0 Å². The van der Waals surface area contributed by atoms with E-state index in [0.717, 1.165) is 25.7 Å². The molecule has 1 atom stereocenters. The van der Waals surface area contributed by atoms with Crippen molar-refractivity contribution >= 4 is 5.91 Å². The summed E-state index contributed by atoms with van der Waals surface area (Å²) in [6, 6.07) is 0.0916. The summed E-state index contributed by atoms with van der Waals surface area (Å²) in [4.78, 5) is 11.5. The van der Waals surface area contributed by atoms with E-state index in [1.54, 1.807) is 0 Å². The predicted molar refractivity (Wildman–Crippen MR) is 63.1 cm³/mol. The molecule has 0 bridgehead atoms. The summed E-state index contributed by atoms with van der Waals surface area (Å²) < 4.78 is 35.6. The van der Waals surface area contributed by atoms with Crippen LogP contribution in [0.2, 0.25) is 0 Å². The first kappa shape index (κ1) is 15.3. The minimum Gasteiger partial charge on any atom is -0.352 e. The number of halogens is 3. The van der Waals surface area contributed by atoms with Gasteiger partial charge in [0, 0.05) is 6.04 Å². The van der Waals surface area contributed by atoms with Gasteiger partial charge in [0.25, 0.3) is 0 Å². The molecule has 1 rings (SSSR count). The summed E-state index contributed by atoms with van der Waals surface area (Å²) >= 11 is 0. The highest BCUT2D eigenvalue weighted by molar-refractivity contribution is 5.78. The van der Waals surface area contributed by atoms with E-state index in [0.29, 0.717) is 0 Å². The number of hydrogen-bond donors (Lipinski definition) is 2. The van der Waals surface area contributed by atoms with Crippen molar-refractivity contribution in [3.63, 3.8) is 0 Å². The molecule has 1 amide bonds. The van der Waals surface area contributed by atoms with E-state index < -0.39 is 12.7 Å². The van der Waals surface area contributed by atoms with Gasteiger partial charge >= 0.3 is 6.18 Å². The van der Waals surface area contributed by atoms with Crippen LogP contribution < -0.4 is 10.6 Å². The molecule has 18 heavy (non-hydrogen) atoms. The summed E-state index contributed by atoms with van der Waals surface area (Å²) in [5.41, 5.74) is 0.204. The molecular weight excluding hydrogens is 245 g/mol. The Morgan fingerprint density at radius 3 is 2.61 bits per heavy atom. The van der Waals surface area contributed by atoms with Crippen molar-refractivity contribution in [1.29, 1.82) is 0 Å². The lowest BCUT2D eigenvalue weighted by Gasteiger charge is -2.35. The Hall–Kier alpha value is -0.780. The molecule has 0 aromatic heterocycles. The fourth-order valence-corrected chi connectivity index (χ4v) is 2.42. The average Bonchev–Trinajstić information content (AvgIpc) is 2.13. The standard InChI is InChI=1S/C12H21F3N2O/c1-11(2)5-3-4-9(6-11)17-10(18)7-16-8-12(13,14)15/h9,16H,3-8H2,1-2H3,(H,17,18). The number of hydrogen-bond acceptors (Lipinski definition) is 2. The Bertz CT molecular complexity index is 290. The molecule has 1 aliphatic rings. The lowest BCUT2D eigenvalue weighted by molar-refractivity contribution is -0.128. The van der Waals surface area contributed by atoms with Crippen LogP contribution in [0.5, 0.6) is 0 Å². The first-order valence-electron chi connectivity index (χ1n) is 6.25. The SMILES string of the molecule is CC1(C)CCCC(NC(=O)CNCC(F)(F)F)C1. The van der Waals surface area contributed by atoms with Crippen LogP contribution in [0.25, 0.3) is 0 Å². The lowest BCUT2D eigenvalue weighted by atomic mass is 9.75. The van der Waals surface area contributed by atoms with Gasteiger partial charge in [-0.3, -0.25) is 4.79 Å². The van der Waals surface area contributed by atoms with Crippen LogP contribution in [-0.2, 0) is 4.79 Å². The van der Waals surface area contributed by atoms with E-state index in [9.17, 15) is 18.0 Å². The molecule has 0 spiro atoms. The fourth-order valence-electron chi connectivity index (χ4n) is 2.42. The van der Waals surface area contributed by atoms with Gasteiger partial charge in [0.1, 0.15) is 0 Å². The van der Waals surface area contributed by atoms with Crippen molar-refractivity contribution in [2.45, 2.75) is 51.7 Å². The summed E-state index contributed by atoms with van der Waals surface area (Å²) in [7, 11) is 0. The molecular formula is C12H21F3N2O. The Morgan fingerprint density at radius 2 is 2.06 bits per heavy atom. The van der Waals surface area contributed by atoms with Gasteiger partial charge < -0.3 is 10.6 Å². The number of rotatable bonds is 4. The molecule has 0 radical (unpaired) electrons. The van der Waals surface area contributed by atoms with E-state index >= 15 is 0 Å². The van der Waals surface area contributed by atoms with Gasteiger partial charge in [0.05, 0.1) is 13.1 Å². The molecule has 0 heterocycles. The molecule has 0 saturated heterocycles. The van der Waals surface area contributed by atoms with Crippen LogP contribution >= 0.6 is 0 Å². The Balaban J connectivity index is 2.24. The van der Waals surface area contributed by atoms with Crippen molar-refractivity contribution in [3.05, 3.63) is 0 Å². The van der Waals surface area contributed by atoms with Crippen LogP contribution in [0.4, 0.5) is 13.2 Å². The number of amides is 1. The Labute approximate surface area is 106 Å². The first-order chi connectivity index (χ1) is 8.18. The van der Waals surface area contributed by atoms with E-state index in [1.807, 2.05) is 0 Å². The largest absolute Gasteiger partial charge is 0.401 e. The zero-order valence-electron chi connectivity index (χ0n) is 10.9. The number of carbonyl (C=O) groups excluding carboxylic acids is 1. The van der Waals surface area contributed by atoms with Crippen LogP contribution in [0.3, 0.4) is 0 Å². The predicted octanol–water partition coefficient (Wildman–Crippen LogP) is 2.22. The highest BCUT2D eigenvalue weighted by Crippen LogP contribution is 2.34. The van der Waals surface area contributed by atoms with Crippen molar-refractivity contribution in [3.8, 4) is 0 Å². The fraction of sp³-hybridized carbons (Fsp3) is 0.917. The number of alkyl halides is 3. The van der Waals surface area contributed by atoms with Gasteiger partial charge in [0.15, 0.2) is 0 Å². The van der Waals surface area contributed by atoms with Crippen LogP contribution in [0.1, 0.15) is 39.5 Å². The molecule has 6 heteroatoms. The monoisotopic (exact) mass is 266 g/mol. The zero-order chi connectivity index (χ0) is 13.8. The Morgan fingerprint density at radius 1 is 1.39 bits per heavy atom. The van der Waals surface area contributed by atoms with Crippen LogP contribution in [0.15, 0.2) is 0 Å². The molecule has 1 fully saturated rings. The normalized spacial score (nSPS) is 23.7. The van der Waals surface area contributed by atoms with Crippen molar-refractivity contribution in [2.75, 3.05) is 13.1 Å². The molecule has 2 N–H and O–H groups in total. The van der Waals surface area contributed by atoms with E-state index in [-0.39, 0.29) is 23.9 Å². The quantitative estimate of drug-likeness (QED) is 0.819. The lowest BCUT2D eigenvalue weighted by Crippen LogP contribution is -2.45. The summed E-state index contributed by atoms with van der Waals surface area (Å²) in [5.74, 6) is -0.359. The second-order valence-corrected chi connectivity index (χ2v) is 5.74. The van der Waals surface area contributed by atoms with E-state index in [1.165, 1.54) is 0 Å². The maximum Gasteiger partial charge on any atom is 0.401 e. The Kier molecular flexibility index (Phi) is 5.01. The highest BCUT2D eigenvalue weighted by atomic mass is 19.4. The molecule has 1 aliphatic carbocycles. The number of nitrogens with one attached hydrogen (secondary N) is 2. The zero-order valence-corrected chi connectivity index (χ0v) is 10.9. The van der Waals surface area contributed by atoms with Crippen molar-refractivity contribution < 1.29 is 18.0 Å². The number of carbonyl (C=O) groups is 1. The highest BCUT2D eigenvalue weighted by Gasteiger charge is 2.29. The van der Waals surface area contributed by atoms with Gasteiger partial charge in [-0.05, 0) is 24.7 Å². The maximum atomic E-state index is 11.9. The third-order valence-corrected chi connectivity index (χ3v) is 3.18. The summed E-state index contributed by atoms with van der Waals surface area (Å²) in [5, 5.41) is 4.89. The van der Waals surface area contributed by atoms with Gasteiger partial charge in [0.2, 0.25) is 5.91 Å². The molecule has 0 aliphatic heterocycles. The molecule has 106 valence electrons. The van der Waals surface area contributed by atoms with Crippen molar-refractivity contribution in [2.24, 2.45) is 5.41 Å². The van der Waals surface area contributed by atoms with E-state index in [2.05, 4.69) is 24.5 Å². The smallest absolute Gasteiger partial charge is 0.352 e. The third kappa shape index (κ3) is 6.23. The van der Waals surface area contributed by atoms with Gasteiger partial charge in [-0.1, -0.05) is 20.3 Å². The molecule has 0 aromatic rings. The summed E-state index contributed by atoms with van der Waals surface area (Å²) in [6.07, 6.45) is -0.292. The van der Waals surface area contributed by atoms with Crippen LogP contribution in [-0.4, -0.2) is 31.2 Å².